The number of benzene rings is 2. The topological polar surface area (TPSA) is 79.2 Å². The minimum absolute atomic E-state index is 0.266. The van der Waals surface area contributed by atoms with E-state index in [-0.39, 0.29) is 13.0 Å². The van der Waals surface area contributed by atoms with Crippen LogP contribution in [0.5, 0.6) is 5.75 Å². The second-order valence-corrected chi connectivity index (χ2v) is 7.15. The standard InChI is InChI=1S/C21H25ClO5.C2H6/c1-2-26-16-6-3-13(4-7-16)9-15-10-14(5-8-17(15)22)19-11-18(24)21(25)20(12-23)27-19;1-2/h3-8,10,18-21,23-25H,2,9,11-12H2,1H3;1-2H3/t18?,19?,20?,21-;/m0./s1. The fourth-order valence-electron chi connectivity index (χ4n) is 3.34. The van der Waals surface area contributed by atoms with Gasteiger partial charge >= 0.3 is 0 Å². The van der Waals surface area contributed by atoms with Gasteiger partial charge in [0, 0.05) is 11.4 Å². The summed E-state index contributed by atoms with van der Waals surface area (Å²) in [6.07, 6.45) is -2.31. The van der Waals surface area contributed by atoms with E-state index >= 15 is 0 Å². The summed E-state index contributed by atoms with van der Waals surface area (Å²) >= 11 is 6.38. The lowest BCUT2D eigenvalue weighted by molar-refractivity contribution is -0.181. The van der Waals surface area contributed by atoms with Crippen molar-refractivity contribution in [1.29, 1.82) is 0 Å². The normalized spacial score (nSPS) is 23.8. The van der Waals surface area contributed by atoms with E-state index in [0.29, 0.717) is 18.1 Å². The third-order valence-electron chi connectivity index (χ3n) is 4.82. The van der Waals surface area contributed by atoms with Gasteiger partial charge in [-0.25, -0.2) is 0 Å². The molecule has 2 aromatic carbocycles. The second-order valence-electron chi connectivity index (χ2n) is 6.74. The maximum atomic E-state index is 10.1. The lowest BCUT2D eigenvalue weighted by atomic mass is 9.92. The first-order chi connectivity index (χ1) is 14.0. The number of halogens is 1. The monoisotopic (exact) mass is 422 g/mol. The van der Waals surface area contributed by atoms with Gasteiger partial charge in [-0.1, -0.05) is 49.7 Å². The van der Waals surface area contributed by atoms with Crippen molar-refractivity contribution in [2.24, 2.45) is 0 Å². The maximum absolute atomic E-state index is 10.1. The molecule has 0 radical (unpaired) electrons. The van der Waals surface area contributed by atoms with Crippen molar-refractivity contribution < 1.29 is 24.8 Å². The van der Waals surface area contributed by atoms with Crippen LogP contribution in [0, 0.1) is 0 Å². The molecule has 3 unspecified atom stereocenters. The molecule has 1 fully saturated rings. The van der Waals surface area contributed by atoms with Crippen molar-refractivity contribution in [2.75, 3.05) is 13.2 Å². The van der Waals surface area contributed by atoms with E-state index in [1.807, 2.05) is 63.2 Å². The lowest BCUT2D eigenvalue weighted by Crippen LogP contribution is -2.47. The average molecular weight is 423 g/mol. The SMILES string of the molecule is CC.CCOc1ccc(Cc2cc(C3CC(O)[C@H](O)C(CO)O3)ccc2Cl)cc1. The molecule has 0 bridgehead atoms. The van der Waals surface area contributed by atoms with Crippen molar-refractivity contribution in [1.82, 2.24) is 0 Å². The van der Waals surface area contributed by atoms with Crippen molar-refractivity contribution in [3.05, 3.63) is 64.2 Å². The van der Waals surface area contributed by atoms with Gasteiger partial charge in [-0.3, -0.25) is 0 Å². The van der Waals surface area contributed by atoms with Crippen LogP contribution >= 0.6 is 11.6 Å². The number of hydrogen-bond donors (Lipinski definition) is 3. The number of rotatable bonds is 6. The van der Waals surface area contributed by atoms with Gasteiger partial charge < -0.3 is 24.8 Å². The third kappa shape index (κ3) is 6.17. The highest BCUT2D eigenvalue weighted by atomic mass is 35.5. The lowest BCUT2D eigenvalue weighted by Gasteiger charge is -2.36. The van der Waals surface area contributed by atoms with Crippen molar-refractivity contribution in [3.63, 3.8) is 0 Å². The number of ether oxygens (including phenoxy) is 2. The Hall–Kier alpha value is -1.63. The van der Waals surface area contributed by atoms with Crippen LogP contribution in [0.2, 0.25) is 5.02 Å². The second kappa shape index (κ2) is 11.5. The predicted octanol–water partition coefficient (Wildman–Crippen LogP) is 3.90. The molecule has 1 aliphatic rings. The van der Waals surface area contributed by atoms with E-state index in [1.54, 1.807) is 0 Å². The summed E-state index contributed by atoms with van der Waals surface area (Å²) in [4.78, 5) is 0. The third-order valence-corrected chi connectivity index (χ3v) is 5.19. The van der Waals surface area contributed by atoms with E-state index in [1.165, 1.54) is 0 Å². The van der Waals surface area contributed by atoms with Crippen molar-refractivity contribution >= 4 is 11.6 Å². The zero-order valence-corrected chi connectivity index (χ0v) is 18.0. The van der Waals surface area contributed by atoms with Gasteiger partial charge in [0.05, 0.1) is 25.4 Å². The Morgan fingerprint density at radius 3 is 2.41 bits per heavy atom. The Labute approximate surface area is 177 Å². The molecule has 3 rings (SSSR count). The van der Waals surface area contributed by atoms with Crippen LogP contribution in [0.4, 0.5) is 0 Å². The molecule has 0 aliphatic carbocycles. The first-order valence-electron chi connectivity index (χ1n) is 10.1. The zero-order valence-electron chi connectivity index (χ0n) is 17.2. The Kier molecular flexibility index (Phi) is 9.40. The van der Waals surface area contributed by atoms with Crippen LogP contribution in [0.1, 0.15) is 50.0 Å². The highest BCUT2D eigenvalue weighted by Crippen LogP contribution is 2.34. The Morgan fingerprint density at radius 1 is 1.10 bits per heavy atom. The van der Waals surface area contributed by atoms with Crippen LogP contribution in [0.3, 0.4) is 0 Å². The van der Waals surface area contributed by atoms with E-state index in [9.17, 15) is 15.3 Å². The van der Waals surface area contributed by atoms with E-state index < -0.39 is 24.4 Å². The summed E-state index contributed by atoms with van der Waals surface area (Å²) in [5, 5.41) is 30.0. The van der Waals surface area contributed by atoms with Gasteiger partial charge in [0.1, 0.15) is 18.0 Å². The maximum Gasteiger partial charge on any atom is 0.119 e. The highest BCUT2D eigenvalue weighted by molar-refractivity contribution is 6.31. The number of hydrogen-bond acceptors (Lipinski definition) is 5. The van der Waals surface area contributed by atoms with Crippen LogP contribution in [-0.4, -0.2) is 46.8 Å². The molecule has 0 spiro atoms. The molecule has 3 N–H and O–H groups in total. The number of aliphatic hydroxyl groups excluding tert-OH is 3. The summed E-state index contributed by atoms with van der Waals surface area (Å²) in [5.74, 6) is 0.833. The molecule has 6 heteroatoms. The smallest absolute Gasteiger partial charge is 0.119 e. The molecule has 5 nitrogen and oxygen atoms in total. The van der Waals surface area contributed by atoms with Crippen molar-refractivity contribution in [2.45, 2.75) is 58.0 Å². The van der Waals surface area contributed by atoms with Gasteiger partial charge in [0.2, 0.25) is 0 Å². The first-order valence-corrected chi connectivity index (χ1v) is 10.5. The molecular formula is C23H31ClO5. The molecule has 2 aromatic rings. The highest BCUT2D eigenvalue weighted by Gasteiger charge is 2.37. The largest absolute Gasteiger partial charge is 0.494 e. The predicted molar refractivity (Wildman–Crippen MR) is 115 cm³/mol. The summed E-state index contributed by atoms with van der Waals surface area (Å²) in [6, 6.07) is 13.5. The van der Waals surface area contributed by atoms with Gasteiger partial charge in [0.15, 0.2) is 0 Å². The minimum atomic E-state index is -1.08. The van der Waals surface area contributed by atoms with Gasteiger partial charge in [0.25, 0.3) is 0 Å². The number of aliphatic hydroxyl groups is 3. The summed E-state index contributed by atoms with van der Waals surface area (Å²) < 4.78 is 11.2. The Balaban J connectivity index is 0.00000145. The molecule has 1 heterocycles. The van der Waals surface area contributed by atoms with Crippen LogP contribution in [-0.2, 0) is 11.2 Å². The average Bonchev–Trinajstić information content (AvgIpc) is 2.74. The summed E-state index contributed by atoms with van der Waals surface area (Å²) in [7, 11) is 0. The van der Waals surface area contributed by atoms with E-state index in [4.69, 9.17) is 21.1 Å². The quantitative estimate of drug-likeness (QED) is 0.658. The minimum Gasteiger partial charge on any atom is -0.494 e. The van der Waals surface area contributed by atoms with Crippen molar-refractivity contribution in [3.8, 4) is 5.75 Å². The van der Waals surface area contributed by atoms with Crippen LogP contribution in [0.15, 0.2) is 42.5 Å². The fraction of sp³-hybridized carbons (Fsp3) is 0.478. The molecule has 4 atom stereocenters. The molecular weight excluding hydrogens is 392 g/mol. The summed E-state index contributed by atoms with van der Waals surface area (Å²) in [6.45, 7) is 6.23. The van der Waals surface area contributed by atoms with Gasteiger partial charge in [-0.15, -0.1) is 0 Å². The Bertz CT molecular complexity index is 749. The van der Waals surface area contributed by atoms with Crippen LogP contribution in [0.25, 0.3) is 0 Å². The van der Waals surface area contributed by atoms with Gasteiger partial charge in [-0.2, -0.15) is 0 Å². The fourth-order valence-corrected chi connectivity index (χ4v) is 3.52. The molecule has 29 heavy (non-hydrogen) atoms. The molecule has 1 aliphatic heterocycles. The zero-order chi connectivity index (χ0) is 21.4. The Morgan fingerprint density at radius 2 is 1.79 bits per heavy atom. The van der Waals surface area contributed by atoms with E-state index in [0.717, 1.165) is 22.4 Å². The summed E-state index contributed by atoms with van der Waals surface area (Å²) in [5.41, 5.74) is 2.92. The van der Waals surface area contributed by atoms with Gasteiger partial charge in [-0.05, 0) is 48.2 Å². The molecule has 0 saturated carbocycles. The molecule has 160 valence electrons. The van der Waals surface area contributed by atoms with E-state index in [2.05, 4.69) is 0 Å². The first kappa shape index (κ1) is 23.6. The molecule has 0 aromatic heterocycles. The molecule has 1 saturated heterocycles. The van der Waals surface area contributed by atoms with Crippen LogP contribution < -0.4 is 4.74 Å². The molecule has 0 amide bonds.